The van der Waals surface area contributed by atoms with E-state index < -0.39 is 10.0 Å². The van der Waals surface area contributed by atoms with Crippen LogP contribution in [0.15, 0.2) is 16.3 Å². The lowest BCUT2D eigenvalue weighted by Crippen LogP contribution is -2.28. The Labute approximate surface area is 113 Å². The van der Waals surface area contributed by atoms with Crippen molar-refractivity contribution in [1.82, 2.24) is 4.72 Å². The van der Waals surface area contributed by atoms with Gasteiger partial charge in [0.15, 0.2) is 0 Å². The number of hydrogen-bond donors (Lipinski definition) is 2. The molecule has 102 valence electrons. The zero-order valence-corrected chi connectivity index (χ0v) is 12.2. The van der Waals surface area contributed by atoms with Crippen LogP contribution in [0.2, 0.25) is 0 Å². The van der Waals surface area contributed by atoms with Crippen molar-refractivity contribution in [3.05, 3.63) is 16.3 Å². The van der Waals surface area contributed by atoms with Crippen LogP contribution in [-0.4, -0.2) is 15.0 Å². The summed E-state index contributed by atoms with van der Waals surface area (Å²) in [5.41, 5.74) is 5.49. The Morgan fingerprint density at radius 3 is 2.83 bits per heavy atom. The summed E-state index contributed by atoms with van der Waals surface area (Å²) >= 11 is 1.39. The van der Waals surface area contributed by atoms with Crippen molar-refractivity contribution in [2.45, 2.75) is 37.6 Å². The Kier molecular flexibility index (Phi) is 4.42. The molecule has 2 unspecified atom stereocenters. The van der Waals surface area contributed by atoms with Gasteiger partial charge in [0.1, 0.15) is 0 Å². The molecule has 6 heteroatoms. The monoisotopic (exact) mass is 288 g/mol. The van der Waals surface area contributed by atoms with Crippen molar-refractivity contribution in [2.24, 2.45) is 17.6 Å². The molecule has 1 aliphatic carbocycles. The number of nitrogens with two attached hydrogens (primary N) is 1. The average molecular weight is 288 g/mol. The minimum atomic E-state index is -3.35. The Bertz CT molecular complexity index is 496. The van der Waals surface area contributed by atoms with Crippen LogP contribution >= 0.6 is 11.3 Å². The molecule has 1 aromatic heterocycles. The predicted octanol–water partition coefficient (Wildman–Crippen LogP) is 1.92. The van der Waals surface area contributed by atoms with E-state index in [1.807, 2.05) is 0 Å². The van der Waals surface area contributed by atoms with Crippen LogP contribution in [0.3, 0.4) is 0 Å². The molecule has 1 saturated carbocycles. The molecule has 0 saturated heterocycles. The van der Waals surface area contributed by atoms with Gasteiger partial charge in [-0.1, -0.05) is 13.3 Å². The van der Waals surface area contributed by atoms with E-state index in [9.17, 15) is 8.42 Å². The van der Waals surface area contributed by atoms with E-state index in [0.717, 1.165) is 23.6 Å². The Morgan fingerprint density at radius 2 is 2.28 bits per heavy atom. The highest BCUT2D eigenvalue weighted by molar-refractivity contribution is 7.89. The van der Waals surface area contributed by atoms with Gasteiger partial charge in [0.2, 0.25) is 10.0 Å². The lowest BCUT2D eigenvalue weighted by Gasteiger charge is -2.10. The first-order valence-electron chi connectivity index (χ1n) is 6.28. The minimum absolute atomic E-state index is 0.346. The van der Waals surface area contributed by atoms with Gasteiger partial charge in [-0.15, -0.1) is 11.3 Å². The highest BCUT2D eigenvalue weighted by atomic mass is 32.2. The molecule has 1 heterocycles. The van der Waals surface area contributed by atoms with Gasteiger partial charge in [-0.25, -0.2) is 13.1 Å². The van der Waals surface area contributed by atoms with E-state index in [-0.39, 0.29) is 0 Å². The molecule has 4 nitrogen and oxygen atoms in total. The average Bonchev–Trinajstić information content (AvgIpc) is 2.95. The van der Waals surface area contributed by atoms with Crippen LogP contribution in [0.5, 0.6) is 0 Å². The molecular formula is C12H20N2O2S2. The normalized spacial score (nSPS) is 24.6. The van der Waals surface area contributed by atoms with Crippen LogP contribution in [-0.2, 0) is 16.6 Å². The SMILES string of the molecule is CC1CCC(CNS(=O)(=O)c2csc(CN)c2)C1. The van der Waals surface area contributed by atoms with Gasteiger partial charge >= 0.3 is 0 Å². The van der Waals surface area contributed by atoms with Crippen LogP contribution in [0.4, 0.5) is 0 Å². The molecule has 0 aliphatic heterocycles. The summed E-state index contributed by atoms with van der Waals surface area (Å²) in [6, 6.07) is 1.66. The van der Waals surface area contributed by atoms with E-state index in [2.05, 4.69) is 11.6 Å². The Hall–Kier alpha value is -0.430. The quantitative estimate of drug-likeness (QED) is 0.869. The molecule has 0 aromatic carbocycles. The molecule has 1 aromatic rings. The predicted molar refractivity (Wildman–Crippen MR) is 73.9 cm³/mol. The minimum Gasteiger partial charge on any atom is -0.326 e. The van der Waals surface area contributed by atoms with Gasteiger partial charge in [0, 0.05) is 23.3 Å². The van der Waals surface area contributed by atoms with Gasteiger partial charge in [0.05, 0.1) is 4.90 Å². The van der Waals surface area contributed by atoms with Gasteiger partial charge < -0.3 is 5.73 Å². The van der Waals surface area contributed by atoms with Gasteiger partial charge in [-0.3, -0.25) is 0 Å². The standard InChI is InChI=1S/C12H20N2O2S2/c1-9-2-3-10(4-9)7-14-18(15,16)12-5-11(6-13)17-8-12/h5,8-10,14H,2-4,6-7,13H2,1H3. The number of nitrogens with one attached hydrogen (secondary N) is 1. The van der Waals surface area contributed by atoms with Crippen LogP contribution < -0.4 is 10.5 Å². The van der Waals surface area contributed by atoms with Crippen LogP contribution in [0, 0.1) is 11.8 Å². The topological polar surface area (TPSA) is 72.2 Å². The third-order valence-electron chi connectivity index (χ3n) is 3.51. The molecule has 1 aliphatic rings. The first-order chi connectivity index (χ1) is 8.51. The first kappa shape index (κ1) is 14.0. The van der Waals surface area contributed by atoms with Crippen molar-refractivity contribution in [1.29, 1.82) is 0 Å². The second kappa shape index (κ2) is 5.69. The molecule has 0 bridgehead atoms. The summed E-state index contributed by atoms with van der Waals surface area (Å²) in [4.78, 5) is 1.24. The number of hydrogen-bond acceptors (Lipinski definition) is 4. The second-order valence-corrected chi connectivity index (χ2v) is 7.85. The fourth-order valence-corrected chi connectivity index (χ4v) is 4.70. The number of thiophene rings is 1. The third kappa shape index (κ3) is 3.32. The highest BCUT2D eigenvalue weighted by Crippen LogP contribution is 2.30. The van der Waals surface area contributed by atoms with Crippen molar-refractivity contribution in [2.75, 3.05) is 6.54 Å². The van der Waals surface area contributed by atoms with Crippen molar-refractivity contribution < 1.29 is 8.42 Å². The van der Waals surface area contributed by atoms with Gasteiger partial charge in [0.25, 0.3) is 0 Å². The molecular weight excluding hydrogens is 268 g/mol. The summed E-state index contributed by atoms with van der Waals surface area (Å²) in [6.07, 6.45) is 3.46. The maximum absolute atomic E-state index is 12.1. The van der Waals surface area contributed by atoms with Crippen molar-refractivity contribution in [3.8, 4) is 0 Å². The van der Waals surface area contributed by atoms with Crippen molar-refractivity contribution in [3.63, 3.8) is 0 Å². The largest absolute Gasteiger partial charge is 0.326 e. The molecule has 1 fully saturated rings. The third-order valence-corrected chi connectivity index (χ3v) is 6.02. The van der Waals surface area contributed by atoms with E-state index in [0.29, 0.717) is 23.9 Å². The number of sulfonamides is 1. The lowest BCUT2D eigenvalue weighted by molar-refractivity contribution is 0.498. The zero-order chi connectivity index (χ0) is 13.2. The molecule has 0 spiro atoms. The zero-order valence-electron chi connectivity index (χ0n) is 10.6. The number of rotatable bonds is 5. The maximum atomic E-state index is 12.1. The summed E-state index contributed by atoms with van der Waals surface area (Å²) < 4.78 is 26.8. The van der Waals surface area contributed by atoms with E-state index in [4.69, 9.17) is 5.73 Å². The van der Waals surface area contributed by atoms with Gasteiger partial charge in [-0.2, -0.15) is 0 Å². The summed E-state index contributed by atoms with van der Waals surface area (Å²) in [7, 11) is -3.35. The van der Waals surface area contributed by atoms with E-state index in [1.54, 1.807) is 11.4 Å². The van der Waals surface area contributed by atoms with Crippen molar-refractivity contribution >= 4 is 21.4 Å². The fourth-order valence-electron chi connectivity index (χ4n) is 2.43. The Balaban J connectivity index is 1.95. The molecule has 0 amide bonds. The Morgan fingerprint density at radius 1 is 1.50 bits per heavy atom. The smallest absolute Gasteiger partial charge is 0.241 e. The fraction of sp³-hybridized carbons (Fsp3) is 0.667. The van der Waals surface area contributed by atoms with Gasteiger partial charge in [-0.05, 0) is 30.7 Å². The van der Waals surface area contributed by atoms with Crippen LogP contribution in [0.1, 0.15) is 31.1 Å². The summed E-state index contributed by atoms with van der Waals surface area (Å²) in [5, 5.41) is 1.65. The highest BCUT2D eigenvalue weighted by Gasteiger charge is 2.23. The first-order valence-corrected chi connectivity index (χ1v) is 8.64. The molecule has 0 radical (unpaired) electrons. The van der Waals surface area contributed by atoms with E-state index in [1.165, 1.54) is 17.8 Å². The summed E-state index contributed by atoms with van der Waals surface area (Å²) in [6.45, 7) is 3.17. The summed E-state index contributed by atoms with van der Waals surface area (Å²) in [5.74, 6) is 1.21. The lowest BCUT2D eigenvalue weighted by atomic mass is 10.1. The molecule has 3 N–H and O–H groups in total. The second-order valence-electron chi connectivity index (χ2n) is 5.09. The molecule has 18 heavy (non-hydrogen) atoms. The molecule has 2 atom stereocenters. The van der Waals surface area contributed by atoms with E-state index >= 15 is 0 Å². The van der Waals surface area contributed by atoms with Crippen LogP contribution in [0.25, 0.3) is 0 Å². The molecule has 2 rings (SSSR count). The maximum Gasteiger partial charge on any atom is 0.241 e.